The lowest BCUT2D eigenvalue weighted by molar-refractivity contribution is 0.582. The number of hydrogen-bond acceptors (Lipinski definition) is 4. The van der Waals surface area contributed by atoms with Gasteiger partial charge >= 0.3 is 0 Å². The molecule has 2 heterocycles. The van der Waals surface area contributed by atoms with Gasteiger partial charge in [0.2, 0.25) is 0 Å². The third-order valence-electron chi connectivity index (χ3n) is 4.08. The third kappa shape index (κ3) is 3.12. The monoisotopic (exact) mass is 364 g/mol. The zero-order valence-electron chi connectivity index (χ0n) is 14.3. The van der Waals surface area contributed by atoms with Gasteiger partial charge < -0.3 is 0 Å². The van der Waals surface area contributed by atoms with E-state index in [1.165, 1.54) is 23.3 Å². The van der Waals surface area contributed by atoms with Crippen molar-refractivity contribution in [3.05, 3.63) is 83.4 Å². The van der Waals surface area contributed by atoms with Crippen LogP contribution in [0.5, 0.6) is 0 Å². The Balaban J connectivity index is 1.74. The number of hydrogen-bond donors (Lipinski definition) is 1. The molecule has 0 bridgehead atoms. The van der Waals surface area contributed by atoms with Crippen molar-refractivity contribution in [1.82, 2.24) is 19.2 Å². The van der Waals surface area contributed by atoms with Gasteiger partial charge in [0, 0.05) is 17.3 Å². The van der Waals surface area contributed by atoms with Gasteiger partial charge in [0.05, 0.1) is 6.21 Å². The molecule has 1 N–H and O–H groups in total. The number of rotatable bonds is 3. The van der Waals surface area contributed by atoms with E-state index in [-0.39, 0.29) is 11.1 Å². The normalized spacial score (nSPS) is 11.5. The first-order valence-electron chi connectivity index (χ1n) is 8.09. The standard InChI is InChI=1S/C19H14F2N6/c1-12-2-6-15(7-3-12)26-10-23-17-18(22)27(11-24-19(17)26)25-9-13-4-5-14(20)8-16(13)21/h2-11,22H,1H3/b22-18?,25-9-. The Labute approximate surface area is 152 Å². The average Bonchev–Trinajstić information content (AvgIpc) is 3.08. The summed E-state index contributed by atoms with van der Waals surface area (Å²) in [5, 5.41) is 12.3. The van der Waals surface area contributed by atoms with Crippen molar-refractivity contribution in [2.75, 3.05) is 0 Å². The van der Waals surface area contributed by atoms with E-state index in [2.05, 4.69) is 15.1 Å². The fraction of sp³-hybridized carbons (Fsp3) is 0.0526. The SMILES string of the molecule is Cc1ccc(-n2cnc3c(=N)n(/N=C\c4ccc(F)cc4F)cnc32)cc1. The quantitative estimate of drug-likeness (QED) is 0.567. The van der Waals surface area contributed by atoms with Crippen LogP contribution in [-0.4, -0.2) is 25.4 Å². The van der Waals surface area contributed by atoms with Gasteiger partial charge in [-0.15, -0.1) is 0 Å². The van der Waals surface area contributed by atoms with Gasteiger partial charge in [-0.2, -0.15) is 5.10 Å². The molecule has 0 unspecified atom stereocenters. The summed E-state index contributed by atoms with van der Waals surface area (Å²) in [6, 6.07) is 11.0. The van der Waals surface area contributed by atoms with E-state index in [4.69, 9.17) is 5.41 Å². The first kappa shape index (κ1) is 16.8. The highest BCUT2D eigenvalue weighted by molar-refractivity contribution is 5.80. The van der Waals surface area contributed by atoms with Crippen LogP contribution < -0.4 is 5.49 Å². The minimum Gasteiger partial charge on any atom is -0.283 e. The highest BCUT2D eigenvalue weighted by atomic mass is 19.1. The number of imidazole rings is 1. The van der Waals surface area contributed by atoms with E-state index in [0.29, 0.717) is 11.2 Å². The van der Waals surface area contributed by atoms with Crippen molar-refractivity contribution < 1.29 is 8.78 Å². The summed E-state index contributed by atoms with van der Waals surface area (Å²) in [5.74, 6) is -1.40. The summed E-state index contributed by atoms with van der Waals surface area (Å²) < 4.78 is 29.6. The maximum Gasteiger partial charge on any atom is 0.177 e. The molecule has 0 aliphatic heterocycles. The van der Waals surface area contributed by atoms with Crippen molar-refractivity contribution in [1.29, 1.82) is 5.41 Å². The maximum atomic E-state index is 13.7. The van der Waals surface area contributed by atoms with Crippen molar-refractivity contribution in [3.8, 4) is 5.69 Å². The molecule has 0 amide bonds. The van der Waals surface area contributed by atoms with E-state index >= 15 is 0 Å². The average molecular weight is 364 g/mol. The van der Waals surface area contributed by atoms with Gasteiger partial charge in [0.1, 0.15) is 24.3 Å². The molecule has 0 aliphatic carbocycles. The van der Waals surface area contributed by atoms with Crippen molar-refractivity contribution in [2.45, 2.75) is 6.92 Å². The Bertz CT molecular complexity index is 1220. The Morgan fingerprint density at radius 2 is 1.81 bits per heavy atom. The van der Waals surface area contributed by atoms with Crippen molar-refractivity contribution in [2.24, 2.45) is 5.10 Å². The molecule has 134 valence electrons. The molecule has 2 aromatic carbocycles. The molecule has 0 aliphatic rings. The van der Waals surface area contributed by atoms with Crippen LogP contribution in [0.15, 0.2) is 60.2 Å². The van der Waals surface area contributed by atoms with Gasteiger partial charge in [0.25, 0.3) is 0 Å². The van der Waals surface area contributed by atoms with Gasteiger partial charge in [-0.1, -0.05) is 17.7 Å². The second kappa shape index (κ2) is 6.56. The summed E-state index contributed by atoms with van der Waals surface area (Å²) in [6.45, 7) is 2.00. The largest absolute Gasteiger partial charge is 0.283 e. The van der Waals surface area contributed by atoms with Crippen LogP contribution in [0.2, 0.25) is 0 Å². The van der Waals surface area contributed by atoms with Crippen LogP contribution in [0.25, 0.3) is 16.9 Å². The van der Waals surface area contributed by atoms with Gasteiger partial charge in [-0.3, -0.25) is 9.98 Å². The van der Waals surface area contributed by atoms with Crippen LogP contribution in [-0.2, 0) is 0 Å². The molecule has 0 saturated heterocycles. The van der Waals surface area contributed by atoms with Crippen LogP contribution in [0.4, 0.5) is 8.78 Å². The highest BCUT2D eigenvalue weighted by Crippen LogP contribution is 2.14. The lowest BCUT2D eigenvalue weighted by Crippen LogP contribution is -2.18. The molecule has 0 saturated carbocycles. The highest BCUT2D eigenvalue weighted by Gasteiger charge is 2.09. The first-order valence-corrected chi connectivity index (χ1v) is 8.09. The van der Waals surface area contributed by atoms with E-state index in [1.807, 2.05) is 31.2 Å². The first-order chi connectivity index (χ1) is 13.0. The number of halogens is 2. The summed E-state index contributed by atoms with van der Waals surface area (Å²) in [6.07, 6.45) is 4.15. The third-order valence-corrected chi connectivity index (χ3v) is 4.08. The summed E-state index contributed by atoms with van der Waals surface area (Å²) in [7, 11) is 0. The van der Waals surface area contributed by atoms with E-state index < -0.39 is 11.6 Å². The number of benzene rings is 2. The molecule has 4 rings (SSSR count). The Morgan fingerprint density at radius 3 is 2.56 bits per heavy atom. The van der Waals surface area contributed by atoms with Gasteiger partial charge in [0.15, 0.2) is 16.7 Å². The molecule has 4 aromatic rings. The second-order valence-electron chi connectivity index (χ2n) is 5.97. The summed E-state index contributed by atoms with van der Waals surface area (Å²) in [4.78, 5) is 8.58. The number of nitrogens with zero attached hydrogens (tertiary/aromatic N) is 5. The number of aromatic nitrogens is 4. The predicted molar refractivity (Wildman–Crippen MR) is 96.8 cm³/mol. The Kier molecular flexibility index (Phi) is 4.08. The second-order valence-corrected chi connectivity index (χ2v) is 5.97. The molecule has 0 atom stereocenters. The topological polar surface area (TPSA) is 71.8 Å². The molecule has 27 heavy (non-hydrogen) atoms. The minimum atomic E-state index is -0.733. The van der Waals surface area contributed by atoms with E-state index in [1.54, 1.807) is 10.9 Å². The minimum absolute atomic E-state index is 0.00429. The number of fused-ring (bicyclic) bond motifs is 1. The van der Waals surface area contributed by atoms with Crippen LogP contribution in [0.1, 0.15) is 11.1 Å². The zero-order chi connectivity index (χ0) is 19.0. The number of aryl methyl sites for hydroxylation is 1. The maximum absolute atomic E-state index is 13.7. The molecule has 0 fully saturated rings. The smallest absolute Gasteiger partial charge is 0.177 e. The Morgan fingerprint density at radius 1 is 1.04 bits per heavy atom. The summed E-state index contributed by atoms with van der Waals surface area (Å²) >= 11 is 0. The fourth-order valence-corrected chi connectivity index (χ4v) is 2.62. The molecule has 2 aromatic heterocycles. The molecular formula is C19H14F2N6. The molecule has 8 heteroatoms. The van der Waals surface area contributed by atoms with Crippen LogP contribution in [0.3, 0.4) is 0 Å². The fourth-order valence-electron chi connectivity index (χ4n) is 2.62. The van der Waals surface area contributed by atoms with E-state index in [0.717, 1.165) is 23.4 Å². The Hall–Kier alpha value is -3.68. The van der Waals surface area contributed by atoms with Crippen molar-refractivity contribution in [3.63, 3.8) is 0 Å². The predicted octanol–water partition coefficient (Wildman–Crippen LogP) is 3.17. The molecular weight excluding hydrogens is 350 g/mol. The van der Waals surface area contributed by atoms with Crippen LogP contribution in [0, 0.1) is 24.0 Å². The molecule has 0 radical (unpaired) electrons. The lowest BCUT2D eigenvalue weighted by Gasteiger charge is -2.05. The molecule has 6 nitrogen and oxygen atoms in total. The number of nitrogens with one attached hydrogen (secondary N) is 1. The van der Waals surface area contributed by atoms with E-state index in [9.17, 15) is 8.78 Å². The van der Waals surface area contributed by atoms with Gasteiger partial charge in [-0.25, -0.2) is 23.4 Å². The zero-order valence-corrected chi connectivity index (χ0v) is 14.3. The molecule has 0 spiro atoms. The summed E-state index contributed by atoms with van der Waals surface area (Å²) in [5.41, 5.74) is 3.00. The van der Waals surface area contributed by atoms with Gasteiger partial charge in [-0.05, 0) is 31.2 Å². The lowest BCUT2D eigenvalue weighted by atomic mass is 10.2. The van der Waals surface area contributed by atoms with Crippen LogP contribution >= 0.6 is 0 Å². The van der Waals surface area contributed by atoms with Crippen molar-refractivity contribution >= 4 is 17.4 Å².